The van der Waals surface area contributed by atoms with Crippen molar-refractivity contribution in [3.63, 3.8) is 0 Å². The quantitative estimate of drug-likeness (QED) is 0.444. The number of aliphatic carboxylic acids is 1. The number of benzene rings is 1. The Bertz CT molecular complexity index is 885. The van der Waals surface area contributed by atoms with Crippen molar-refractivity contribution in [2.24, 2.45) is 0 Å². The van der Waals surface area contributed by atoms with Crippen LogP contribution in [0.1, 0.15) is 36.5 Å². The van der Waals surface area contributed by atoms with Gasteiger partial charge in [-0.15, -0.1) is 0 Å². The number of halogens is 1. The molecule has 0 aliphatic rings. The van der Waals surface area contributed by atoms with E-state index in [4.69, 9.17) is 17.3 Å². The highest BCUT2D eigenvalue weighted by Gasteiger charge is 2.17. The Morgan fingerprint density at radius 3 is 2.59 bits per heavy atom. The third-order valence-electron chi connectivity index (χ3n) is 3.61. The second-order valence-corrected chi connectivity index (χ2v) is 7.29. The number of carbonyl (C=O) groups is 2. The number of anilines is 2. The summed E-state index contributed by atoms with van der Waals surface area (Å²) in [4.78, 5) is 42.1. The summed E-state index contributed by atoms with van der Waals surface area (Å²) in [5.74, 6) is -2.01. The Morgan fingerprint density at radius 2 is 2.04 bits per heavy atom. The van der Waals surface area contributed by atoms with E-state index < -0.39 is 22.7 Å². The van der Waals surface area contributed by atoms with Gasteiger partial charge in [-0.1, -0.05) is 43.1 Å². The molecule has 1 heterocycles. The number of carbonyl (C=O) groups excluding carboxylic acids is 2. The summed E-state index contributed by atoms with van der Waals surface area (Å²) in [5, 5.41) is 13.3. The molecule has 0 aliphatic heterocycles. The maximum absolute atomic E-state index is 12.3. The first-order chi connectivity index (χ1) is 12.8. The van der Waals surface area contributed by atoms with E-state index in [-0.39, 0.29) is 22.2 Å². The first kappa shape index (κ1) is 20.8. The summed E-state index contributed by atoms with van der Waals surface area (Å²) in [5.41, 5.74) is 5.18. The van der Waals surface area contributed by atoms with Crippen molar-refractivity contribution in [3.05, 3.63) is 45.2 Å². The minimum absolute atomic E-state index is 0.0484. The first-order valence-corrected chi connectivity index (χ1v) is 9.41. The molecule has 0 spiro atoms. The van der Waals surface area contributed by atoms with Crippen molar-refractivity contribution in [1.82, 2.24) is 9.97 Å². The number of H-pyrrole nitrogens is 1. The van der Waals surface area contributed by atoms with E-state index in [1.807, 2.05) is 6.92 Å². The molecule has 1 amide bonds. The second kappa shape index (κ2) is 9.43. The zero-order valence-corrected chi connectivity index (χ0v) is 16.0. The molecule has 10 heteroatoms. The number of hydrogen-bond donors (Lipinski definition) is 3. The van der Waals surface area contributed by atoms with E-state index in [1.165, 1.54) is 12.1 Å². The lowest BCUT2D eigenvalue weighted by molar-refractivity contribution is -0.304. The average Bonchev–Trinajstić information content (AvgIpc) is 2.61. The van der Waals surface area contributed by atoms with Gasteiger partial charge in [0, 0.05) is 10.6 Å². The van der Waals surface area contributed by atoms with Crippen LogP contribution in [-0.2, 0) is 4.79 Å². The summed E-state index contributed by atoms with van der Waals surface area (Å²) in [6, 6.07) is 6.08. The number of nitrogens with one attached hydrogen (secondary N) is 2. The molecule has 0 bridgehead atoms. The molecule has 0 fully saturated rings. The molecule has 0 radical (unpaired) electrons. The van der Waals surface area contributed by atoms with Gasteiger partial charge in [0.2, 0.25) is 0 Å². The van der Waals surface area contributed by atoms with E-state index in [9.17, 15) is 19.5 Å². The van der Waals surface area contributed by atoms with Crippen LogP contribution in [0.2, 0.25) is 5.02 Å². The van der Waals surface area contributed by atoms with Crippen molar-refractivity contribution >= 4 is 46.7 Å². The van der Waals surface area contributed by atoms with Gasteiger partial charge in [0.05, 0.1) is 11.2 Å². The van der Waals surface area contributed by atoms with Gasteiger partial charge in [-0.25, -0.2) is 4.98 Å². The number of aromatic amines is 1. The van der Waals surface area contributed by atoms with E-state index in [2.05, 4.69) is 15.3 Å². The minimum Gasteiger partial charge on any atom is -0.549 e. The standard InChI is InChI=1S/C17H19ClN4O4S/c1-2-3-4-11(16(25)26)27-17-21-13(19)12(15(24)22-17)20-14(23)9-5-7-10(18)8-6-9/h5-8,11H,2-4H2,1H3,(H,20,23)(H,25,26)(H3,19,21,22,24)/p-1/t11-/m0/s1. The van der Waals surface area contributed by atoms with Gasteiger partial charge >= 0.3 is 0 Å². The Morgan fingerprint density at radius 1 is 1.37 bits per heavy atom. The van der Waals surface area contributed by atoms with Gasteiger partial charge < -0.3 is 21.0 Å². The Balaban J connectivity index is 2.18. The number of rotatable bonds is 8. The maximum Gasteiger partial charge on any atom is 0.277 e. The molecule has 4 N–H and O–H groups in total. The number of amides is 1. The second-order valence-electron chi connectivity index (χ2n) is 5.66. The highest BCUT2D eigenvalue weighted by atomic mass is 35.5. The third-order valence-corrected chi connectivity index (χ3v) is 4.99. The fraction of sp³-hybridized carbons (Fsp3) is 0.294. The van der Waals surface area contributed by atoms with Gasteiger partial charge in [-0.2, -0.15) is 0 Å². The van der Waals surface area contributed by atoms with Crippen LogP contribution in [0.4, 0.5) is 11.5 Å². The number of nitrogen functional groups attached to an aromatic ring is 1. The summed E-state index contributed by atoms with van der Waals surface area (Å²) < 4.78 is 0. The zero-order chi connectivity index (χ0) is 20.0. The van der Waals surface area contributed by atoms with E-state index >= 15 is 0 Å². The van der Waals surface area contributed by atoms with Crippen LogP contribution < -0.4 is 21.7 Å². The number of nitrogens with zero attached hydrogens (tertiary/aromatic N) is 1. The SMILES string of the molecule is CCCC[C@H](Sc1nc(N)c(NC(=O)c2ccc(Cl)cc2)c(=O)[nH]1)C(=O)[O-]. The van der Waals surface area contributed by atoms with Gasteiger partial charge in [-0.3, -0.25) is 14.6 Å². The van der Waals surface area contributed by atoms with Gasteiger partial charge in [0.15, 0.2) is 11.0 Å². The maximum atomic E-state index is 12.3. The molecule has 1 atom stereocenters. The van der Waals surface area contributed by atoms with Gasteiger partial charge in [0.1, 0.15) is 5.69 Å². The number of carboxylic acids is 1. The van der Waals surface area contributed by atoms with E-state index in [0.29, 0.717) is 17.9 Å². The van der Waals surface area contributed by atoms with Crippen LogP contribution in [0.15, 0.2) is 34.2 Å². The van der Waals surface area contributed by atoms with Crippen LogP contribution in [0.5, 0.6) is 0 Å². The minimum atomic E-state index is -1.24. The van der Waals surface area contributed by atoms with E-state index in [0.717, 1.165) is 18.2 Å². The lowest BCUT2D eigenvalue weighted by Crippen LogP contribution is -2.34. The number of thioether (sulfide) groups is 1. The van der Waals surface area contributed by atoms with Crippen LogP contribution >= 0.6 is 23.4 Å². The Kier molecular flexibility index (Phi) is 7.26. The van der Waals surface area contributed by atoms with Crippen LogP contribution in [0.25, 0.3) is 0 Å². The van der Waals surface area contributed by atoms with Crippen molar-refractivity contribution in [2.45, 2.75) is 36.6 Å². The lowest BCUT2D eigenvalue weighted by Gasteiger charge is -2.17. The van der Waals surface area contributed by atoms with Crippen LogP contribution in [0, 0.1) is 0 Å². The fourth-order valence-electron chi connectivity index (χ4n) is 2.18. The molecule has 8 nitrogen and oxygen atoms in total. The van der Waals surface area contributed by atoms with Crippen molar-refractivity contribution in [2.75, 3.05) is 11.1 Å². The van der Waals surface area contributed by atoms with Crippen molar-refractivity contribution in [3.8, 4) is 0 Å². The molecule has 0 aliphatic carbocycles. The lowest BCUT2D eigenvalue weighted by atomic mass is 10.2. The predicted octanol–water partition coefficient (Wildman–Crippen LogP) is 1.66. The third kappa shape index (κ3) is 5.73. The van der Waals surface area contributed by atoms with Crippen molar-refractivity contribution in [1.29, 1.82) is 0 Å². The Labute approximate surface area is 164 Å². The number of nitrogens with two attached hydrogens (primary N) is 1. The summed E-state index contributed by atoms with van der Waals surface area (Å²) in [7, 11) is 0. The zero-order valence-electron chi connectivity index (χ0n) is 14.5. The molecule has 1 aromatic carbocycles. The summed E-state index contributed by atoms with van der Waals surface area (Å²) in [6.45, 7) is 1.94. The molecule has 27 heavy (non-hydrogen) atoms. The normalized spacial score (nSPS) is 11.8. The molecule has 1 aromatic heterocycles. The number of carboxylic acid groups (broad SMARTS) is 1. The highest BCUT2D eigenvalue weighted by molar-refractivity contribution is 8.00. The van der Waals surface area contributed by atoms with E-state index in [1.54, 1.807) is 12.1 Å². The van der Waals surface area contributed by atoms with Crippen LogP contribution in [-0.4, -0.2) is 27.1 Å². The summed E-state index contributed by atoms with van der Waals surface area (Å²) in [6.07, 6.45) is 1.90. The molecule has 0 saturated carbocycles. The van der Waals surface area contributed by atoms with Crippen LogP contribution in [0.3, 0.4) is 0 Å². The van der Waals surface area contributed by atoms with Gasteiger partial charge in [0.25, 0.3) is 11.5 Å². The predicted molar refractivity (Wildman–Crippen MR) is 103 cm³/mol. The molecule has 144 valence electrons. The largest absolute Gasteiger partial charge is 0.549 e. The molecular weight excluding hydrogens is 392 g/mol. The highest BCUT2D eigenvalue weighted by Crippen LogP contribution is 2.24. The first-order valence-electron chi connectivity index (χ1n) is 8.16. The topological polar surface area (TPSA) is 141 Å². The molecular formula is C17H18ClN4O4S-. The molecule has 0 saturated heterocycles. The molecule has 0 unspecified atom stereocenters. The molecule has 2 aromatic rings. The monoisotopic (exact) mass is 409 g/mol. The fourth-order valence-corrected chi connectivity index (χ4v) is 3.26. The van der Waals surface area contributed by atoms with Gasteiger partial charge in [-0.05, 0) is 30.7 Å². The number of unbranched alkanes of at least 4 members (excludes halogenated alkanes) is 1. The molecule has 2 rings (SSSR count). The average molecular weight is 410 g/mol. The van der Waals surface area contributed by atoms with Crippen molar-refractivity contribution < 1.29 is 14.7 Å². The summed E-state index contributed by atoms with van der Waals surface area (Å²) >= 11 is 6.63. The number of hydrogen-bond acceptors (Lipinski definition) is 7. The Hall–Kier alpha value is -2.52. The number of aromatic nitrogens is 2. The smallest absolute Gasteiger partial charge is 0.277 e.